The zero-order valence-corrected chi connectivity index (χ0v) is 36.5. The predicted octanol–water partition coefficient (Wildman–Crippen LogP) is 12.9. The van der Waals surface area contributed by atoms with Crippen molar-refractivity contribution in [2.75, 3.05) is 26.4 Å². The number of phosphoric ester groups is 1. The normalized spacial score (nSPS) is 13.9. The lowest BCUT2D eigenvalue weighted by Gasteiger charge is -2.19. The summed E-state index contributed by atoms with van der Waals surface area (Å²) in [5.41, 5.74) is 5.34. The number of carbonyl (C=O) groups is 2. The number of unbranched alkanes of at least 4 members (excludes halogenated alkanes) is 18. The van der Waals surface area contributed by atoms with Crippen molar-refractivity contribution in [1.82, 2.24) is 0 Å². The van der Waals surface area contributed by atoms with Crippen LogP contribution in [0, 0.1) is 0 Å². The number of rotatable bonds is 41. The third-order valence-corrected chi connectivity index (χ3v) is 10.2. The molecule has 0 bridgehead atoms. The molecule has 3 N–H and O–H groups in total. The van der Waals surface area contributed by atoms with Crippen molar-refractivity contribution in [3.8, 4) is 0 Å². The van der Waals surface area contributed by atoms with Gasteiger partial charge in [0.15, 0.2) is 6.10 Å². The number of ether oxygens (including phenoxy) is 2. The average molecular weight is 808 g/mol. The first-order chi connectivity index (χ1) is 27.3. The molecule has 0 radical (unpaired) electrons. The SMILES string of the molecule is CC/C=C\C/C=C\C/C=C\C/C=C\C/C=C\CCCCCCCCCCCCCC(=O)OC(COC(=O)CCCCCCCCCC)COP(=O)(O)OCCN. The monoisotopic (exact) mass is 808 g/mol. The average Bonchev–Trinajstić information content (AvgIpc) is 3.18. The first kappa shape index (κ1) is 53.7. The summed E-state index contributed by atoms with van der Waals surface area (Å²) in [6.45, 7) is 3.57. The first-order valence-corrected chi connectivity index (χ1v) is 23.8. The largest absolute Gasteiger partial charge is 0.472 e. The number of allylic oxidation sites excluding steroid dienone is 10. The minimum absolute atomic E-state index is 0.0517. The third-order valence-electron chi connectivity index (χ3n) is 9.17. The fourth-order valence-electron chi connectivity index (χ4n) is 5.90. The van der Waals surface area contributed by atoms with Gasteiger partial charge in [0.1, 0.15) is 6.61 Å². The zero-order chi connectivity index (χ0) is 41.1. The van der Waals surface area contributed by atoms with Crippen LogP contribution >= 0.6 is 7.82 Å². The summed E-state index contributed by atoms with van der Waals surface area (Å²) in [5.74, 6) is -0.837. The quantitative estimate of drug-likeness (QED) is 0.0268. The van der Waals surface area contributed by atoms with Gasteiger partial charge < -0.3 is 20.1 Å². The fourth-order valence-corrected chi connectivity index (χ4v) is 6.66. The molecule has 0 aliphatic heterocycles. The fraction of sp³-hybridized carbons (Fsp3) is 0.739. The van der Waals surface area contributed by atoms with Crippen molar-refractivity contribution < 1.29 is 37.6 Å². The summed E-state index contributed by atoms with van der Waals surface area (Å²) in [4.78, 5) is 34.7. The molecule has 0 aromatic heterocycles. The molecule has 0 aliphatic carbocycles. The van der Waals surface area contributed by atoms with Crippen LogP contribution in [0.25, 0.3) is 0 Å². The zero-order valence-electron chi connectivity index (χ0n) is 35.6. The van der Waals surface area contributed by atoms with Crippen LogP contribution in [-0.4, -0.2) is 49.3 Å². The molecule has 9 nitrogen and oxygen atoms in total. The molecule has 0 aliphatic rings. The number of hydrogen-bond donors (Lipinski definition) is 2. The van der Waals surface area contributed by atoms with E-state index in [1.165, 1.54) is 77.0 Å². The smallest absolute Gasteiger partial charge is 0.462 e. The molecule has 2 unspecified atom stereocenters. The van der Waals surface area contributed by atoms with Crippen molar-refractivity contribution in [2.24, 2.45) is 5.73 Å². The van der Waals surface area contributed by atoms with Gasteiger partial charge in [-0.05, 0) is 57.8 Å². The van der Waals surface area contributed by atoms with Crippen molar-refractivity contribution in [3.05, 3.63) is 60.8 Å². The number of esters is 2. The molecule has 0 rings (SSSR count). The molecule has 0 fully saturated rings. The van der Waals surface area contributed by atoms with E-state index in [1.54, 1.807) is 0 Å². The van der Waals surface area contributed by atoms with Crippen LogP contribution in [0.1, 0.15) is 187 Å². The maximum atomic E-state index is 12.6. The summed E-state index contributed by atoms with van der Waals surface area (Å²) in [6, 6.07) is 0. The number of nitrogens with two attached hydrogens (primary N) is 1. The number of carbonyl (C=O) groups excluding carboxylic acids is 2. The Bertz CT molecular complexity index is 1100. The Labute approximate surface area is 342 Å². The Hall–Kier alpha value is -2.29. The van der Waals surface area contributed by atoms with E-state index in [2.05, 4.69) is 74.6 Å². The lowest BCUT2D eigenvalue weighted by Crippen LogP contribution is -2.29. The van der Waals surface area contributed by atoms with Gasteiger partial charge in [0.25, 0.3) is 0 Å². The van der Waals surface area contributed by atoms with Gasteiger partial charge in [-0.25, -0.2) is 4.57 Å². The Morgan fingerprint density at radius 3 is 1.46 bits per heavy atom. The lowest BCUT2D eigenvalue weighted by molar-refractivity contribution is -0.161. The van der Waals surface area contributed by atoms with E-state index in [0.717, 1.165) is 77.0 Å². The maximum Gasteiger partial charge on any atom is 0.472 e. The minimum Gasteiger partial charge on any atom is -0.462 e. The van der Waals surface area contributed by atoms with E-state index < -0.39 is 26.5 Å². The Morgan fingerprint density at radius 1 is 0.554 bits per heavy atom. The van der Waals surface area contributed by atoms with Crippen LogP contribution in [-0.2, 0) is 32.7 Å². The second-order valence-corrected chi connectivity index (χ2v) is 16.0. The highest BCUT2D eigenvalue weighted by atomic mass is 31.2. The minimum atomic E-state index is -4.37. The molecule has 324 valence electrons. The van der Waals surface area contributed by atoms with Gasteiger partial charge in [0, 0.05) is 19.4 Å². The number of phosphoric acid groups is 1. The highest BCUT2D eigenvalue weighted by Gasteiger charge is 2.26. The molecule has 0 spiro atoms. The van der Waals surface area contributed by atoms with Crippen molar-refractivity contribution in [3.63, 3.8) is 0 Å². The van der Waals surface area contributed by atoms with Crippen LogP contribution in [0.4, 0.5) is 0 Å². The van der Waals surface area contributed by atoms with Gasteiger partial charge in [0.2, 0.25) is 0 Å². The van der Waals surface area contributed by atoms with Gasteiger partial charge in [-0.1, -0.05) is 177 Å². The molecule has 0 aromatic rings. The molecule has 0 amide bonds. The summed E-state index contributed by atoms with van der Waals surface area (Å²) in [5, 5.41) is 0. The van der Waals surface area contributed by atoms with Crippen LogP contribution in [0.2, 0.25) is 0 Å². The summed E-state index contributed by atoms with van der Waals surface area (Å²) in [6.07, 6.45) is 49.9. The van der Waals surface area contributed by atoms with Crippen LogP contribution in [0.15, 0.2) is 60.8 Å². The van der Waals surface area contributed by atoms with E-state index in [9.17, 15) is 19.0 Å². The van der Waals surface area contributed by atoms with E-state index in [1.807, 2.05) is 0 Å². The Balaban J connectivity index is 3.99. The van der Waals surface area contributed by atoms with Crippen LogP contribution in [0.5, 0.6) is 0 Å². The highest BCUT2D eigenvalue weighted by molar-refractivity contribution is 7.47. The van der Waals surface area contributed by atoms with E-state index in [-0.39, 0.29) is 38.6 Å². The lowest BCUT2D eigenvalue weighted by atomic mass is 10.0. The highest BCUT2D eigenvalue weighted by Crippen LogP contribution is 2.43. The Morgan fingerprint density at radius 2 is 0.982 bits per heavy atom. The summed E-state index contributed by atoms with van der Waals surface area (Å²) >= 11 is 0. The third kappa shape index (κ3) is 41.3. The molecular weight excluding hydrogens is 725 g/mol. The van der Waals surface area contributed by atoms with Crippen molar-refractivity contribution in [1.29, 1.82) is 0 Å². The standard InChI is InChI=1S/C46H82NO8P/c1-3-5-7-9-11-13-14-15-16-17-18-19-20-21-22-23-24-25-26-27-28-29-30-31-33-35-37-39-46(49)55-44(43-54-56(50,51)53-41-40-47)42-52-45(48)38-36-34-32-12-10-8-6-4-2/h5,7,11,13,15-16,18-19,21-22,44H,3-4,6,8-10,12,14,17,20,23-43,47H2,1-2H3,(H,50,51)/b7-5-,13-11-,16-15-,19-18-,22-21-. The second kappa shape index (κ2) is 42.3. The van der Waals surface area contributed by atoms with E-state index >= 15 is 0 Å². The van der Waals surface area contributed by atoms with Gasteiger partial charge in [0.05, 0.1) is 13.2 Å². The number of hydrogen-bond acceptors (Lipinski definition) is 8. The maximum absolute atomic E-state index is 12.6. The van der Waals surface area contributed by atoms with Crippen LogP contribution < -0.4 is 5.73 Å². The van der Waals surface area contributed by atoms with Gasteiger partial charge in [-0.2, -0.15) is 0 Å². The molecule has 56 heavy (non-hydrogen) atoms. The molecule has 2 atom stereocenters. The molecule has 0 saturated carbocycles. The second-order valence-electron chi connectivity index (χ2n) is 14.5. The summed E-state index contributed by atoms with van der Waals surface area (Å²) in [7, 11) is -4.37. The molecule has 0 heterocycles. The molecule has 10 heteroatoms. The van der Waals surface area contributed by atoms with E-state index in [4.69, 9.17) is 24.3 Å². The Kier molecular flexibility index (Phi) is 40.6. The summed E-state index contributed by atoms with van der Waals surface area (Å²) < 4.78 is 32.7. The van der Waals surface area contributed by atoms with Crippen molar-refractivity contribution >= 4 is 19.8 Å². The van der Waals surface area contributed by atoms with Gasteiger partial charge in [-0.3, -0.25) is 18.6 Å². The van der Waals surface area contributed by atoms with Crippen LogP contribution in [0.3, 0.4) is 0 Å². The molecule has 0 saturated heterocycles. The predicted molar refractivity (Wildman–Crippen MR) is 233 cm³/mol. The topological polar surface area (TPSA) is 134 Å². The molecular formula is C46H82NO8P. The first-order valence-electron chi connectivity index (χ1n) is 22.3. The van der Waals surface area contributed by atoms with Gasteiger partial charge in [-0.15, -0.1) is 0 Å². The van der Waals surface area contributed by atoms with Crippen molar-refractivity contribution in [2.45, 2.75) is 193 Å². The van der Waals surface area contributed by atoms with E-state index in [0.29, 0.717) is 6.42 Å². The molecule has 0 aromatic carbocycles. The van der Waals surface area contributed by atoms with Gasteiger partial charge >= 0.3 is 19.8 Å².